The van der Waals surface area contributed by atoms with Gasteiger partial charge in [-0.05, 0) is 13.8 Å². The van der Waals surface area contributed by atoms with Crippen LogP contribution in [0.15, 0.2) is 23.2 Å². The first kappa shape index (κ1) is 10.7. The van der Waals surface area contributed by atoms with Crippen LogP contribution >= 0.6 is 22.7 Å². The Morgan fingerprint density at radius 3 is 1.80 bits per heavy atom. The second kappa shape index (κ2) is 4.83. The van der Waals surface area contributed by atoms with Crippen molar-refractivity contribution in [1.82, 2.24) is 15.3 Å². The van der Waals surface area contributed by atoms with Crippen LogP contribution in [0.5, 0.6) is 0 Å². The molecule has 5 heteroatoms. The molecule has 3 nitrogen and oxygen atoms in total. The van der Waals surface area contributed by atoms with E-state index >= 15 is 0 Å². The second-order valence-electron chi connectivity index (χ2n) is 3.35. The molecule has 15 heavy (non-hydrogen) atoms. The largest absolute Gasteiger partial charge is 0.299 e. The molecule has 0 bridgehead atoms. The molecule has 80 valence electrons. The lowest BCUT2D eigenvalue weighted by Crippen LogP contribution is -2.22. The maximum Gasteiger partial charge on any atom is 0.109 e. The van der Waals surface area contributed by atoms with Crippen molar-refractivity contribution in [2.24, 2.45) is 0 Å². The highest BCUT2D eigenvalue weighted by Gasteiger charge is 2.14. The van der Waals surface area contributed by atoms with E-state index in [1.807, 2.05) is 23.2 Å². The Hall–Kier alpha value is -0.780. The van der Waals surface area contributed by atoms with Gasteiger partial charge in [0.15, 0.2) is 0 Å². The fraction of sp³-hybridized carbons (Fsp3) is 0.400. The van der Waals surface area contributed by atoms with Crippen LogP contribution in [-0.4, -0.2) is 9.97 Å². The molecule has 2 aromatic rings. The van der Waals surface area contributed by atoms with Gasteiger partial charge in [0.2, 0.25) is 0 Å². The van der Waals surface area contributed by atoms with Gasteiger partial charge in [0.25, 0.3) is 0 Å². The van der Waals surface area contributed by atoms with E-state index in [4.69, 9.17) is 0 Å². The lowest BCUT2D eigenvalue weighted by molar-refractivity contribution is 0.491. The van der Waals surface area contributed by atoms with E-state index in [1.165, 1.54) is 0 Å². The van der Waals surface area contributed by atoms with E-state index in [-0.39, 0.29) is 12.1 Å². The summed E-state index contributed by atoms with van der Waals surface area (Å²) in [6.45, 7) is 4.26. The summed E-state index contributed by atoms with van der Waals surface area (Å²) in [6.07, 6.45) is 3.68. The third-order valence-electron chi connectivity index (χ3n) is 2.14. The highest BCUT2D eigenvalue weighted by atomic mass is 32.1. The summed E-state index contributed by atoms with van der Waals surface area (Å²) in [4.78, 5) is 8.58. The highest BCUT2D eigenvalue weighted by molar-refractivity contribution is 7.09. The number of hydrogen-bond donors (Lipinski definition) is 1. The van der Waals surface area contributed by atoms with Crippen molar-refractivity contribution >= 4 is 22.7 Å². The summed E-state index contributed by atoms with van der Waals surface area (Å²) in [5.74, 6) is 0. The Bertz CT molecular complexity index is 344. The van der Waals surface area contributed by atoms with Crippen LogP contribution in [0.25, 0.3) is 0 Å². The third kappa shape index (κ3) is 2.62. The van der Waals surface area contributed by atoms with Crippen LogP contribution in [0.1, 0.15) is 35.9 Å². The highest BCUT2D eigenvalue weighted by Crippen LogP contribution is 2.21. The number of hydrogen-bond acceptors (Lipinski definition) is 5. The normalized spacial score (nSPS) is 15.1. The zero-order valence-electron chi connectivity index (χ0n) is 8.68. The molecule has 0 aliphatic heterocycles. The van der Waals surface area contributed by atoms with Crippen molar-refractivity contribution in [2.45, 2.75) is 25.9 Å². The van der Waals surface area contributed by atoms with Gasteiger partial charge in [-0.15, -0.1) is 22.7 Å². The maximum absolute atomic E-state index is 4.29. The van der Waals surface area contributed by atoms with Gasteiger partial charge < -0.3 is 0 Å². The number of rotatable bonds is 4. The summed E-state index contributed by atoms with van der Waals surface area (Å²) in [5.41, 5.74) is 0. The van der Waals surface area contributed by atoms with Gasteiger partial charge in [-0.1, -0.05) is 0 Å². The minimum atomic E-state index is 0.281. The fourth-order valence-electron chi connectivity index (χ4n) is 1.41. The van der Waals surface area contributed by atoms with E-state index in [0.717, 1.165) is 10.0 Å². The van der Waals surface area contributed by atoms with E-state index in [9.17, 15) is 0 Å². The smallest absolute Gasteiger partial charge is 0.109 e. The monoisotopic (exact) mass is 239 g/mol. The quantitative estimate of drug-likeness (QED) is 0.891. The molecule has 0 spiro atoms. The zero-order valence-corrected chi connectivity index (χ0v) is 10.3. The molecule has 0 aromatic carbocycles. The molecule has 2 rings (SSSR count). The van der Waals surface area contributed by atoms with Crippen molar-refractivity contribution in [3.05, 3.63) is 33.2 Å². The molecule has 0 saturated heterocycles. The number of nitrogens with one attached hydrogen (secondary N) is 1. The molecule has 0 amide bonds. The first-order valence-corrected chi connectivity index (χ1v) is 6.58. The van der Waals surface area contributed by atoms with Crippen LogP contribution in [-0.2, 0) is 0 Å². The molecular formula is C10H13N3S2. The Morgan fingerprint density at radius 2 is 1.47 bits per heavy atom. The lowest BCUT2D eigenvalue weighted by atomic mass is 10.3. The number of nitrogens with zero attached hydrogens (tertiary/aromatic N) is 2. The van der Waals surface area contributed by atoms with E-state index in [2.05, 4.69) is 29.1 Å². The van der Waals surface area contributed by atoms with Crippen LogP contribution < -0.4 is 5.32 Å². The molecule has 1 N–H and O–H groups in total. The molecule has 2 aromatic heterocycles. The lowest BCUT2D eigenvalue weighted by Gasteiger charge is -2.16. The zero-order chi connectivity index (χ0) is 10.7. The average molecular weight is 239 g/mol. The van der Waals surface area contributed by atoms with Crippen LogP contribution in [0.3, 0.4) is 0 Å². The van der Waals surface area contributed by atoms with Gasteiger partial charge in [0.1, 0.15) is 10.0 Å². The Morgan fingerprint density at radius 1 is 1.00 bits per heavy atom. The van der Waals surface area contributed by atoms with Crippen molar-refractivity contribution in [2.75, 3.05) is 0 Å². The van der Waals surface area contributed by atoms with Crippen LogP contribution in [0.2, 0.25) is 0 Å². The van der Waals surface area contributed by atoms with Gasteiger partial charge in [-0.3, -0.25) is 5.32 Å². The van der Waals surface area contributed by atoms with Gasteiger partial charge in [-0.25, -0.2) is 9.97 Å². The van der Waals surface area contributed by atoms with Crippen molar-refractivity contribution in [1.29, 1.82) is 0 Å². The topological polar surface area (TPSA) is 37.8 Å². The van der Waals surface area contributed by atoms with Crippen LogP contribution in [0.4, 0.5) is 0 Å². The predicted octanol–water partition coefficient (Wildman–Crippen LogP) is 3.01. The molecule has 2 unspecified atom stereocenters. The first-order chi connectivity index (χ1) is 7.27. The summed E-state index contributed by atoms with van der Waals surface area (Å²) in [5, 5.41) is 9.73. The summed E-state index contributed by atoms with van der Waals surface area (Å²) in [6, 6.07) is 0.563. The molecule has 0 aliphatic carbocycles. The second-order valence-corrected chi connectivity index (χ2v) is 5.20. The van der Waals surface area contributed by atoms with Crippen molar-refractivity contribution < 1.29 is 0 Å². The van der Waals surface area contributed by atoms with Gasteiger partial charge in [-0.2, -0.15) is 0 Å². The molecule has 0 radical (unpaired) electrons. The average Bonchev–Trinajstić information content (AvgIpc) is 2.91. The van der Waals surface area contributed by atoms with Gasteiger partial charge in [0, 0.05) is 23.2 Å². The maximum atomic E-state index is 4.29. The SMILES string of the molecule is CC(NC(C)c1nccs1)c1nccs1. The van der Waals surface area contributed by atoms with E-state index in [0.29, 0.717) is 0 Å². The molecule has 0 aliphatic rings. The summed E-state index contributed by atoms with van der Waals surface area (Å²) in [7, 11) is 0. The minimum absolute atomic E-state index is 0.281. The molecule has 2 heterocycles. The van der Waals surface area contributed by atoms with E-state index < -0.39 is 0 Å². The molecule has 0 fully saturated rings. The summed E-state index contributed by atoms with van der Waals surface area (Å²) >= 11 is 3.36. The fourth-order valence-corrected chi connectivity index (χ4v) is 2.72. The molecular weight excluding hydrogens is 226 g/mol. The van der Waals surface area contributed by atoms with Crippen molar-refractivity contribution in [3.63, 3.8) is 0 Å². The Labute approximate surface area is 97.2 Å². The summed E-state index contributed by atoms with van der Waals surface area (Å²) < 4.78 is 0. The number of thiazole rings is 2. The third-order valence-corrected chi connectivity index (χ3v) is 4.06. The standard InChI is InChI=1S/C10H13N3S2/c1-7(9-11-3-5-14-9)13-8(2)10-12-4-6-15-10/h3-8,13H,1-2H3. The molecule has 0 saturated carbocycles. The minimum Gasteiger partial charge on any atom is -0.299 e. The van der Waals surface area contributed by atoms with Crippen molar-refractivity contribution in [3.8, 4) is 0 Å². The van der Waals surface area contributed by atoms with Gasteiger partial charge >= 0.3 is 0 Å². The van der Waals surface area contributed by atoms with Crippen LogP contribution in [0, 0.1) is 0 Å². The predicted molar refractivity (Wildman–Crippen MR) is 64.2 cm³/mol. The Kier molecular flexibility index (Phi) is 3.45. The first-order valence-electron chi connectivity index (χ1n) is 4.82. The molecule has 2 atom stereocenters. The van der Waals surface area contributed by atoms with E-state index in [1.54, 1.807) is 22.7 Å². The Balaban J connectivity index is 1.98. The number of aromatic nitrogens is 2. The van der Waals surface area contributed by atoms with Gasteiger partial charge in [0.05, 0.1) is 12.1 Å².